The fraction of sp³-hybridized carbons (Fsp3) is 0.800. The number of ether oxygens (including phenoxy) is 1. The lowest BCUT2D eigenvalue weighted by molar-refractivity contribution is -0.125. The van der Waals surface area contributed by atoms with E-state index in [0.717, 1.165) is 0 Å². The topological polar surface area (TPSA) is 58.6 Å². The highest BCUT2D eigenvalue weighted by atomic mass is 16.5. The summed E-state index contributed by atoms with van der Waals surface area (Å²) in [6.45, 7) is 7.67. The van der Waals surface area contributed by atoms with Crippen molar-refractivity contribution >= 4 is 11.9 Å². The molecule has 0 aromatic heterocycles. The highest BCUT2D eigenvalue weighted by molar-refractivity contribution is 6.01. The molecular formula is C10H18N2O3. The van der Waals surface area contributed by atoms with E-state index in [0.29, 0.717) is 19.8 Å². The molecule has 0 aromatic rings. The molecular weight excluding hydrogens is 196 g/mol. The molecule has 3 amide bonds. The number of rotatable bonds is 4. The zero-order valence-electron chi connectivity index (χ0n) is 9.50. The molecule has 86 valence electrons. The molecule has 1 aliphatic rings. The number of hydrogen-bond donors (Lipinski definition) is 1. The largest absolute Gasteiger partial charge is 0.379 e. The van der Waals surface area contributed by atoms with Gasteiger partial charge in [0, 0.05) is 0 Å². The van der Waals surface area contributed by atoms with E-state index in [2.05, 4.69) is 26.1 Å². The van der Waals surface area contributed by atoms with Crippen LogP contribution < -0.4 is 5.32 Å². The van der Waals surface area contributed by atoms with E-state index >= 15 is 0 Å². The molecule has 1 aliphatic heterocycles. The van der Waals surface area contributed by atoms with Gasteiger partial charge in [-0.1, -0.05) is 20.8 Å². The number of carbonyl (C=O) groups is 2. The van der Waals surface area contributed by atoms with Crippen LogP contribution in [0.5, 0.6) is 0 Å². The summed E-state index contributed by atoms with van der Waals surface area (Å²) >= 11 is 0. The van der Waals surface area contributed by atoms with Crippen LogP contribution in [0.1, 0.15) is 20.8 Å². The number of imide groups is 1. The number of nitrogens with one attached hydrogen (secondary N) is 1. The molecule has 0 radical (unpaired) electrons. The molecule has 0 aromatic carbocycles. The van der Waals surface area contributed by atoms with Crippen molar-refractivity contribution in [3.63, 3.8) is 0 Å². The molecule has 1 N–H and O–H groups in total. The Hall–Kier alpha value is -1.10. The zero-order chi connectivity index (χ0) is 11.5. The van der Waals surface area contributed by atoms with Crippen LogP contribution in [0.3, 0.4) is 0 Å². The number of amides is 3. The predicted molar refractivity (Wildman–Crippen MR) is 55.4 cm³/mol. The van der Waals surface area contributed by atoms with Crippen LogP contribution in [0.4, 0.5) is 4.79 Å². The Morgan fingerprint density at radius 1 is 1.40 bits per heavy atom. The molecule has 5 nitrogen and oxygen atoms in total. The molecule has 5 heteroatoms. The van der Waals surface area contributed by atoms with Gasteiger partial charge in [-0.2, -0.15) is 0 Å². The van der Waals surface area contributed by atoms with Gasteiger partial charge < -0.3 is 10.1 Å². The van der Waals surface area contributed by atoms with Crippen LogP contribution in [0.15, 0.2) is 0 Å². The second kappa shape index (κ2) is 4.61. The van der Waals surface area contributed by atoms with Crippen molar-refractivity contribution in [2.45, 2.75) is 20.8 Å². The maximum atomic E-state index is 11.2. The molecule has 1 heterocycles. The lowest BCUT2D eigenvalue weighted by atomic mass is 9.99. The van der Waals surface area contributed by atoms with Crippen molar-refractivity contribution in [1.29, 1.82) is 0 Å². The van der Waals surface area contributed by atoms with Gasteiger partial charge in [0.25, 0.3) is 0 Å². The molecule has 0 unspecified atom stereocenters. The molecule has 0 bridgehead atoms. The van der Waals surface area contributed by atoms with Gasteiger partial charge >= 0.3 is 6.03 Å². The molecule has 1 saturated heterocycles. The average Bonchev–Trinajstić information content (AvgIpc) is 2.40. The minimum absolute atomic E-state index is 0.108. The van der Waals surface area contributed by atoms with Crippen LogP contribution in [0.25, 0.3) is 0 Å². The Morgan fingerprint density at radius 3 is 2.53 bits per heavy atom. The van der Waals surface area contributed by atoms with Crippen LogP contribution in [0.2, 0.25) is 0 Å². The fourth-order valence-electron chi connectivity index (χ4n) is 1.22. The van der Waals surface area contributed by atoms with Crippen LogP contribution in [-0.2, 0) is 9.53 Å². The molecule has 0 saturated carbocycles. The zero-order valence-corrected chi connectivity index (χ0v) is 9.50. The average molecular weight is 214 g/mol. The lowest BCUT2D eigenvalue weighted by Gasteiger charge is -2.19. The molecule has 0 aliphatic carbocycles. The smallest absolute Gasteiger partial charge is 0.324 e. The van der Waals surface area contributed by atoms with E-state index in [4.69, 9.17) is 4.74 Å². The Balaban J connectivity index is 2.20. The maximum Gasteiger partial charge on any atom is 0.324 e. The third-order valence-corrected chi connectivity index (χ3v) is 1.93. The van der Waals surface area contributed by atoms with Crippen LogP contribution >= 0.6 is 0 Å². The summed E-state index contributed by atoms with van der Waals surface area (Å²) in [5.74, 6) is -0.181. The first-order valence-corrected chi connectivity index (χ1v) is 5.06. The first-order chi connectivity index (χ1) is 6.90. The lowest BCUT2D eigenvalue weighted by Crippen LogP contribution is -2.34. The second-order valence-corrected chi connectivity index (χ2v) is 4.82. The summed E-state index contributed by atoms with van der Waals surface area (Å²) in [6.07, 6.45) is 0. The number of nitrogens with zero attached hydrogens (tertiary/aromatic N) is 1. The third kappa shape index (κ3) is 3.87. The summed E-state index contributed by atoms with van der Waals surface area (Å²) in [5, 5.41) is 2.46. The minimum Gasteiger partial charge on any atom is -0.379 e. The molecule has 0 spiro atoms. The first-order valence-electron chi connectivity index (χ1n) is 5.06. The van der Waals surface area contributed by atoms with Crippen molar-refractivity contribution in [3.05, 3.63) is 0 Å². The van der Waals surface area contributed by atoms with Gasteiger partial charge in [0.15, 0.2) is 0 Å². The monoisotopic (exact) mass is 214 g/mol. The summed E-state index contributed by atoms with van der Waals surface area (Å²) < 4.78 is 5.38. The van der Waals surface area contributed by atoms with E-state index in [9.17, 15) is 9.59 Å². The quantitative estimate of drug-likeness (QED) is 0.550. The Labute approximate surface area is 89.8 Å². The molecule has 15 heavy (non-hydrogen) atoms. The standard InChI is InChI=1S/C10H18N2O3/c1-10(2,3)7-15-5-4-12-8(13)6-11-9(12)14/h4-7H2,1-3H3,(H,11,14). The van der Waals surface area contributed by atoms with Crippen LogP contribution in [0, 0.1) is 5.41 Å². The van der Waals surface area contributed by atoms with Gasteiger partial charge in [-0.05, 0) is 5.41 Å². The highest BCUT2D eigenvalue weighted by Gasteiger charge is 2.27. The van der Waals surface area contributed by atoms with Crippen LogP contribution in [-0.4, -0.2) is 43.1 Å². The summed E-state index contributed by atoms with van der Waals surface area (Å²) in [7, 11) is 0. The predicted octanol–water partition coefficient (Wildman–Crippen LogP) is 0.601. The third-order valence-electron chi connectivity index (χ3n) is 1.93. The molecule has 0 atom stereocenters. The summed E-state index contributed by atoms with van der Waals surface area (Å²) in [6, 6.07) is -0.320. The first kappa shape index (κ1) is 12.0. The Bertz CT molecular complexity index is 242. The molecule has 1 fully saturated rings. The highest BCUT2D eigenvalue weighted by Crippen LogP contribution is 2.12. The van der Waals surface area contributed by atoms with E-state index in [-0.39, 0.29) is 23.9 Å². The van der Waals surface area contributed by atoms with E-state index < -0.39 is 0 Å². The van der Waals surface area contributed by atoms with Crippen molar-refractivity contribution in [2.75, 3.05) is 26.3 Å². The minimum atomic E-state index is -0.320. The normalized spacial score (nSPS) is 17.1. The van der Waals surface area contributed by atoms with E-state index in [1.54, 1.807) is 0 Å². The Kier molecular flexibility index (Phi) is 3.68. The number of urea groups is 1. The van der Waals surface area contributed by atoms with Gasteiger partial charge in [-0.25, -0.2) is 4.79 Å². The van der Waals surface area contributed by atoms with E-state index in [1.165, 1.54) is 4.90 Å². The number of hydrogen-bond acceptors (Lipinski definition) is 3. The SMILES string of the molecule is CC(C)(C)COCCN1C(=O)CNC1=O. The molecule has 1 rings (SSSR count). The van der Waals surface area contributed by atoms with Crippen molar-refractivity contribution in [1.82, 2.24) is 10.2 Å². The second-order valence-electron chi connectivity index (χ2n) is 4.82. The maximum absolute atomic E-state index is 11.2. The van der Waals surface area contributed by atoms with Crippen molar-refractivity contribution < 1.29 is 14.3 Å². The van der Waals surface area contributed by atoms with Crippen molar-refractivity contribution in [2.24, 2.45) is 5.41 Å². The van der Waals surface area contributed by atoms with Crippen molar-refractivity contribution in [3.8, 4) is 0 Å². The van der Waals surface area contributed by atoms with Gasteiger partial charge in [-0.3, -0.25) is 9.69 Å². The summed E-state index contributed by atoms with van der Waals surface area (Å²) in [4.78, 5) is 23.5. The van der Waals surface area contributed by atoms with Gasteiger partial charge in [-0.15, -0.1) is 0 Å². The van der Waals surface area contributed by atoms with E-state index in [1.807, 2.05) is 0 Å². The number of carbonyl (C=O) groups excluding carboxylic acids is 2. The van der Waals surface area contributed by atoms with Gasteiger partial charge in [0.05, 0.1) is 26.3 Å². The summed E-state index contributed by atoms with van der Waals surface area (Å²) in [5.41, 5.74) is 0.108. The van der Waals surface area contributed by atoms with Gasteiger partial charge in [0.2, 0.25) is 5.91 Å². The fourth-order valence-corrected chi connectivity index (χ4v) is 1.22. The Morgan fingerprint density at radius 2 is 2.07 bits per heavy atom. The van der Waals surface area contributed by atoms with Gasteiger partial charge in [0.1, 0.15) is 0 Å².